The predicted molar refractivity (Wildman–Crippen MR) is 71.9 cm³/mol. The molecule has 7 N–H and O–H groups in total. The molecule has 0 aliphatic heterocycles. The van der Waals surface area contributed by atoms with Gasteiger partial charge in [-0.05, 0) is 31.5 Å². The van der Waals surface area contributed by atoms with Gasteiger partial charge in [-0.1, -0.05) is 6.07 Å². The van der Waals surface area contributed by atoms with Gasteiger partial charge in [0.2, 0.25) is 5.91 Å². The van der Waals surface area contributed by atoms with Crippen LogP contribution in [0, 0.1) is 0 Å². The summed E-state index contributed by atoms with van der Waals surface area (Å²) in [6.45, 7) is 5.38. The summed E-state index contributed by atoms with van der Waals surface area (Å²) in [5.74, 6) is 0.0986. The van der Waals surface area contributed by atoms with Gasteiger partial charge in [-0.2, -0.15) is 0 Å². The molecule has 5 nitrogen and oxygen atoms in total. The molecular formula is C12H22N4O. The highest BCUT2D eigenvalue weighted by atomic mass is 16.2. The molecule has 5 heteroatoms. The molecule has 17 heavy (non-hydrogen) atoms. The van der Waals surface area contributed by atoms with Crippen molar-refractivity contribution in [1.29, 1.82) is 0 Å². The minimum Gasteiger partial charge on any atom is -0.399 e. The number of likely N-dealkylation sites (N-methyl/N-ethyl adjacent to an activating group) is 1. The van der Waals surface area contributed by atoms with E-state index in [4.69, 9.17) is 11.5 Å². The van der Waals surface area contributed by atoms with E-state index in [1.165, 1.54) is 0 Å². The molecule has 0 aliphatic rings. The zero-order valence-corrected chi connectivity index (χ0v) is 10.6. The normalized spacial score (nSPS) is 9.53. The van der Waals surface area contributed by atoms with Gasteiger partial charge in [0.15, 0.2) is 0 Å². The van der Waals surface area contributed by atoms with E-state index >= 15 is 0 Å². The first-order chi connectivity index (χ1) is 7.58. The zero-order chi connectivity index (χ0) is 12.1. The van der Waals surface area contributed by atoms with Crippen LogP contribution >= 0.6 is 0 Å². The van der Waals surface area contributed by atoms with E-state index < -0.39 is 0 Å². The molecule has 0 spiro atoms. The highest BCUT2D eigenvalue weighted by molar-refractivity contribution is 5.80. The van der Waals surface area contributed by atoms with Gasteiger partial charge in [0.25, 0.3) is 0 Å². The molecule has 1 aromatic rings. The number of carbonyl (C=O) groups excluding carboxylic acids is 1. The summed E-state index contributed by atoms with van der Waals surface area (Å²) in [6, 6.07) is 5.26. The first kappa shape index (κ1) is 15.2. The summed E-state index contributed by atoms with van der Waals surface area (Å²) in [4.78, 5) is 13.6. The lowest BCUT2D eigenvalue weighted by Gasteiger charge is -2.19. The molecular weight excluding hydrogens is 216 g/mol. The average Bonchev–Trinajstić information content (AvgIpc) is 2.24. The molecule has 1 rings (SSSR count). The number of carbonyl (C=O) groups is 1. The highest BCUT2D eigenvalue weighted by Crippen LogP contribution is 2.16. The molecule has 1 aromatic carbocycles. The zero-order valence-electron chi connectivity index (χ0n) is 10.6. The van der Waals surface area contributed by atoms with Gasteiger partial charge in [0.1, 0.15) is 0 Å². The van der Waals surface area contributed by atoms with Crippen molar-refractivity contribution in [2.45, 2.75) is 20.3 Å². The van der Waals surface area contributed by atoms with Crippen molar-refractivity contribution < 1.29 is 4.79 Å². The molecule has 0 saturated heterocycles. The Labute approximate surface area is 102 Å². The average molecular weight is 238 g/mol. The Kier molecular flexibility index (Phi) is 6.06. The monoisotopic (exact) mass is 238 g/mol. The summed E-state index contributed by atoms with van der Waals surface area (Å²) < 4.78 is 0. The fourth-order valence-corrected chi connectivity index (χ4v) is 1.63. The minimum absolute atomic E-state index is 0. The van der Waals surface area contributed by atoms with Crippen LogP contribution in [-0.4, -0.2) is 23.9 Å². The van der Waals surface area contributed by atoms with Crippen LogP contribution in [0.15, 0.2) is 18.2 Å². The van der Waals surface area contributed by atoms with Gasteiger partial charge in [-0.15, -0.1) is 0 Å². The molecule has 0 radical (unpaired) electrons. The summed E-state index contributed by atoms with van der Waals surface area (Å²) in [6.07, 6.45) is 0.341. The Morgan fingerprint density at radius 2 is 1.82 bits per heavy atom. The van der Waals surface area contributed by atoms with Crippen molar-refractivity contribution >= 4 is 17.3 Å². The van der Waals surface area contributed by atoms with Crippen molar-refractivity contribution in [3.8, 4) is 0 Å². The van der Waals surface area contributed by atoms with E-state index in [1.807, 2.05) is 19.9 Å². The predicted octanol–water partition coefficient (Wildman–Crippen LogP) is 1.42. The Bertz CT molecular complexity index is 375. The number of benzene rings is 1. The Balaban J connectivity index is 0.00000256. The highest BCUT2D eigenvalue weighted by Gasteiger charge is 2.11. The van der Waals surface area contributed by atoms with Crippen LogP contribution in [0.3, 0.4) is 0 Å². The summed E-state index contributed by atoms with van der Waals surface area (Å²) in [5.41, 5.74) is 13.4. The number of hydrogen-bond acceptors (Lipinski definition) is 4. The Morgan fingerprint density at radius 3 is 2.29 bits per heavy atom. The fourth-order valence-electron chi connectivity index (χ4n) is 1.63. The minimum atomic E-state index is 0. The number of nitrogens with zero attached hydrogens (tertiary/aromatic N) is 1. The molecule has 0 saturated carbocycles. The third kappa shape index (κ3) is 3.96. The number of amides is 1. The third-order valence-electron chi connectivity index (χ3n) is 2.63. The van der Waals surface area contributed by atoms with Gasteiger partial charge < -0.3 is 22.5 Å². The lowest BCUT2D eigenvalue weighted by atomic mass is 10.1. The van der Waals surface area contributed by atoms with E-state index in [1.54, 1.807) is 17.0 Å². The maximum absolute atomic E-state index is 11.9. The Morgan fingerprint density at radius 1 is 1.24 bits per heavy atom. The maximum atomic E-state index is 11.9. The van der Waals surface area contributed by atoms with E-state index in [2.05, 4.69) is 0 Å². The van der Waals surface area contributed by atoms with Crippen LogP contribution in [0.25, 0.3) is 0 Å². The van der Waals surface area contributed by atoms with Crippen molar-refractivity contribution in [2.24, 2.45) is 0 Å². The number of rotatable bonds is 4. The van der Waals surface area contributed by atoms with Crippen LogP contribution in [0.4, 0.5) is 11.4 Å². The first-order valence-corrected chi connectivity index (χ1v) is 5.50. The number of nitrogens with two attached hydrogens (primary N) is 2. The lowest BCUT2D eigenvalue weighted by molar-refractivity contribution is -0.130. The molecule has 1 amide bonds. The standard InChI is InChI=1S/C12H19N3O.H3N/c1-3-15(4-2)12(16)7-9-5-6-10(13)8-11(9)14;/h5-6,8H,3-4,7,13-14H2,1-2H3;1H3. The van der Waals surface area contributed by atoms with E-state index in [9.17, 15) is 4.79 Å². The van der Waals surface area contributed by atoms with Gasteiger partial charge >= 0.3 is 0 Å². The smallest absolute Gasteiger partial charge is 0.227 e. The van der Waals surface area contributed by atoms with Crippen LogP contribution in [0.5, 0.6) is 0 Å². The van der Waals surface area contributed by atoms with Crippen molar-refractivity contribution in [3.63, 3.8) is 0 Å². The molecule has 0 aliphatic carbocycles. The van der Waals surface area contributed by atoms with Crippen LogP contribution in [-0.2, 0) is 11.2 Å². The number of hydrogen-bond donors (Lipinski definition) is 3. The van der Waals surface area contributed by atoms with Crippen LogP contribution in [0.1, 0.15) is 19.4 Å². The number of nitrogen functional groups attached to an aromatic ring is 2. The Hall–Kier alpha value is -1.75. The van der Waals surface area contributed by atoms with Crippen molar-refractivity contribution in [1.82, 2.24) is 11.1 Å². The second-order valence-electron chi connectivity index (χ2n) is 3.70. The summed E-state index contributed by atoms with van der Waals surface area (Å²) in [7, 11) is 0. The molecule has 96 valence electrons. The lowest BCUT2D eigenvalue weighted by Crippen LogP contribution is -2.31. The van der Waals surface area contributed by atoms with Gasteiger partial charge in [-0.25, -0.2) is 0 Å². The van der Waals surface area contributed by atoms with Gasteiger partial charge in [0, 0.05) is 24.5 Å². The summed E-state index contributed by atoms with van der Waals surface area (Å²) >= 11 is 0. The third-order valence-corrected chi connectivity index (χ3v) is 2.63. The number of anilines is 2. The van der Waals surface area contributed by atoms with E-state index in [-0.39, 0.29) is 12.1 Å². The summed E-state index contributed by atoms with van der Waals surface area (Å²) in [5, 5.41) is 0. The quantitative estimate of drug-likeness (QED) is 0.689. The van der Waals surface area contributed by atoms with E-state index in [0.717, 1.165) is 18.7 Å². The molecule has 0 heterocycles. The van der Waals surface area contributed by atoms with Crippen molar-refractivity contribution in [3.05, 3.63) is 23.8 Å². The second-order valence-corrected chi connectivity index (χ2v) is 3.70. The molecule has 0 fully saturated rings. The first-order valence-electron chi connectivity index (χ1n) is 5.50. The van der Waals surface area contributed by atoms with Crippen LogP contribution < -0.4 is 17.6 Å². The largest absolute Gasteiger partial charge is 0.399 e. The molecule has 0 atom stereocenters. The van der Waals surface area contributed by atoms with Gasteiger partial charge in [0.05, 0.1) is 6.42 Å². The maximum Gasteiger partial charge on any atom is 0.227 e. The van der Waals surface area contributed by atoms with Crippen LogP contribution in [0.2, 0.25) is 0 Å². The fraction of sp³-hybridized carbons (Fsp3) is 0.417. The van der Waals surface area contributed by atoms with E-state index in [0.29, 0.717) is 17.8 Å². The molecule has 0 bridgehead atoms. The SMILES string of the molecule is CCN(CC)C(=O)Cc1ccc(N)cc1N.N. The van der Waals surface area contributed by atoms with Gasteiger partial charge in [-0.3, -0.25) is 4.79 Å². The molecule has 0 unspecified atom stereocenters. The van der Waals surface area contributed by atoms with Crippen molar-refractivity contribution in [2.75, 3.05) is 24.6 Å². The topological polar surface area (TPSA) is 107 Å². The molecule has 0 aromatic heterocycles. The second kappa shape index (κ2) is 6.75.